The predicted molar refractivity (Wildman–Crippen MR) is 77.1 cm³/mol. The Bertz CT molecular complexity index is 400. The van der Waals surface area contributed by atoms with E-state index in [4.69, 9.17) is 10.5 Å². The average Bonchev–Trinajstić information content (AvgIpc) is 2.41. The summed E-state index contributed by atoms with van der Waals surface area (Å²) in [4.78, 5) is 13.9. The second kappa shape index (κ2) is 7.48. The molecule has 1 heterocycles. The molecule has 0 unspecified atom stereocenters. The number of carbonyl (C=O) groups excluding carboxylic acids is 1. The molecule has 1 aliphatic heterocycles. The zero-order chi connectivity index (χ0) is 13.0. The molecule has 4 nitrogen and oxygen atoms in total. The maximum absolute atomic E-state index is 11.6. The van der Waals surface area contributed by atoms with Crippen LogP contribution in [0.4, 0.5) is 0 Å². The number of carbonyl (C=O) groups is 1. The fourth-order valence-electron chi connectivity index (χ4n) is 2.42. The van der Waals surface area contributed by atoms with Crippen molar-refractivity contribution >= 4 is 18.4 Å². The fourth-order valence-corrected chi connectivity index (χ4v) is 2.42. The Morgan fingerprint density at radius 3 is 2.74 bits per heavy atom. The van der Waals surface area contributed by atoms with E-state index in [1.54, 1.807) is 0 Å². The maximum atomic E-state index is 11.6. The normalized spacial score (nSPS) is 23.5. The first kappa shape index (κ1) is 16.0. The molecule has 0 aliphatic carbocycles. The van der Waals surface area contributed by atoms with E-state index in [1.807, 2.05) is 18.2 Å². The fraction of sp³-hybridized carbons (Fsp3) is 0.500. The number of nitrogens with two attached hydrogens (primary N) is 1. The van der Waals surface area contributed by atoms with Crippen molar-refractivity contribution in [3.05, 3.63) is 35.9 Å². The number of methoxy groups -OCH3 is 1. The number of benzene rings is 1. The molecule has 106 valence electrons. The highest BCUT2D eigenvalue weighted by Gasteiger charge is 2.32. The predicted octanol–water partition coefficient (Wildman–Crippen LogP) is 1.43. The van der Waals surface area contributed by atoms with Crippen molar-refractivity contribution in [3.63, 3.8) is 0 Å². The van der Waals surface area contributed by atoms with E-state index in [0.717, 1.165) is 19.5 Å². The number of nitrogens with zero attached hydrogens (tertiary/aromatic N) is 1. The average molecular weight is 285 g/mol. The van der Waals surface area contributed by atoms with Crippen molar-refractivity contribution in [1.82, 2.24) is 4.90 Å². The largest absolute Gasteiger partial charge is 0.469 e. The summed E-state index contributed by atoms with van der Waals surface area (Å²) < 4.78 is 4.81. The van der Waals surface area contributed by atoms with Crippen LogP contribution in [-0.4, -0.2) is 37.1 Å². The van der Waals surface area contributed by atoms with E-state index in [0.29, 0.717) is 6.54 Å². The summed E-state index contributed by atoms with van der Waals surface area (Å²) in [6.07, 6.45) is 0.840. The number of hydrogen-bond acceptors (Lipinski definition) is 4. The van der Waals surface area contributed by atoms with Gasteiger partial charge in [0.1, 0.15) is 0 Å². The molecule has 0 radical (unpaired) electrons. The molecule has 2 N–H and O–H groups in total. The summed E-state index contributed by atoms with van der Waals surface area (Å²) in [6, 6.07) is 10.2. The first-order chi connectivity index (χ1) is 8.70. The van der Waals surface area contributed by atoms with Gasteiger partial charge in [-0.2, -0.15) is 0 Å². The van der Waals surface area contributed by atoms with Crippen LogP contribution in [0.15, 0.2) is 30.3 Å². The lowest BCUT2D eigenvalue weighted by molar-refractivity contribution is -0.148. The number of esters is 1. The molecule has 0 saturated carbocycles. The van der Waals surface area contributed by atoms with Crippen LogP contribution in [0, 0.1) is 5.92 Å². The highest BCUT2D eigenvalue weighted by molar-refractivity contribution is 5.85. The first-order valence-electron chi connectivity index (χ1n) is 6.30. The molecular formula is C14H21ClN2O2. The minimum Gasteiger partial charge on any atom is -0.469 e. The van der Waals surface area contributed by atoms with Gasteiger partial charge in [-0.15, -0.1) is 12.4 Å². The Hall–Kier alpha value is -1.10. The monoisotopic (exact) mass is 284 g/mol. The number of ether oxygens (including phenoxy) is 1. The highest BCUT2D eigenvalue weighted by atomic mass is 35.5. The molecule has 0 amide bonds. The van der Waals surface area contributed by atoms with Gasteiger partial charge in [0, 0.05) is 25.7 Å². The Morgan fingerprint density at radius 1 is 1.42 bits per heavy atom. The topological polar surface area (TPSA) is 55.6 Å². The Labute approximate surface area is 120 Å². The van der Waals surface area contributed by atoms with Crippen LogP contribution in [0.2, 0.25) is 0 Å². The summed E-state index contributed by atoms with van der Waals surface area (Å²) in [5.74, 6) is -0.396. The molecule has 0 spiro atoms. The quantitative estimate of drug-likeness (QED) is 0.853. The van der Waals surface area contributed by atoms with E-state index < -0.39 is 0 Å². The molecule has 1 saturated heterocycles. The van der Waals surface area contributed by atoms with Gasteiger partial charge in [0.15, 0.2) is 0 Å². The number of rotatable bonds is 3. The molecule has 2 rings (SSSR count). The van der Waals surface area contributed by atoms with Crippen molar-refractivity contribution in [2.24, 2.45) is 11.7 Å². The van der Waals surface area contributed by atoms with Gasteiger partial charge in [0.05, 0.1) is 13.0 Å². The standard InChI is InChI=1S/C14H20N2O2.ClH/c1-18-14(17)12-10-16(8-7-13(12)15)9-11-5-3-2-4-6-11;/h2-6,12-13H,7-10,15H2,1H3;1H/t12-,13+;/m0./s1. The molecule has 0 bridgehead atoms. The Balaban J connectivity index is 0.00000180. The van der Waals surface area contributed by atoms with Crippen LogP contribution in [-0.2, 0) is 16.1 Å². The van der Waals surface area contributed by atoms with E-state index in [2.05, 4.69) is 17.0 Å². The van der Waals surface area contributed by atoms with Gasteiger partial charge in [0.2, 0.25) is 0 Å². The second-order valence-electron chi connectivity index (χ2n) is 4.80. The van der Waals surface area contributed by atoms with Gasteiger partial charge in [-0.3, -0.25) is 9.69 Å². The van der Waals surface area contributed by atoms with E-state index in [9.17, 15) is 4.79 Å². The SMILES string of the molecule is COC(=O)[C@H]1CN(Cc2ccccc2)CC[C@H]1N.Cl. The number of likely N-dealkylation sites (tertiary alicyclic amines) is 1. The Morgan fingerprint density at radius 2 is 2.11 bits per heavy atom. The van der Waals surface area contributed by atoms with Crippen molar-refractivity contribution in [2.75, 3.05) is 20.2 Å². The Kier molecular flexibility index (Phi) is 6.28. The van der Waals surface area contributed by atoms with Crippen LogP contribution in [0.5, 0.6) is 0 Å². The molecule has 1 aromatic carbocycles. The molecule has 1 fully saturated rings. The molecule has 5 heteroatoms. The highest BCUT2D eigenvalue weighted by Crippen LogP contribution is 2.19. The third-order valence-electron chi connectivity index (χ3n) is 3.50. The van der Waals surface area contributed by atoms with Gasteiger partial charge >= 0.3 is 5.97 Å². The third kappa shape index (κ3) is 4.20. The van der Waals surface area contributed by atoms with Crippen LogP contribution in [0.25, 0.3) is 0 Å². The van der Waals surface area contributed by atoms with E-state index in [-0.39, 0.29) is 30.3 Å². The lowest BCUT2D eigenvalue weighted by atomic mass is 9.92. The van der Waals surface area contributed by atoms with Gasteiger partial charge < -0.3 is 10.5 Å². The van der Waals surface area contributed by atoms with Crippen LogP contribution < -0.4 is 5.73 Å². The van der Waals surface area contributed by atoms with E-state index in [1.165, 1.54) is 12.7 Å². The first-order valence-corrected chi connectivity index (χ1v) is 6.30. The molecular weight excluding hydrogens is 264 g/mol. The van der Waals surface area contributed by atoms with Crippen molar-refractivity contribution < 1.29 is 9.53 Å². The molecule has 19 heavy (non-hydrogen) atoms. The van der Waals surface area contributed by atoms with Crippen LogP contribution >= 0.6 is 12.4 Å². The number of halogens is 1. The van der Waals surface area contributed by atoms with Crippen LogP contribution in [0.1, 0.15) is 12.0 Å². The maximum Gasteiger partial charge on any atom is 0.311 e. The summed E-state index contributed by atoms with van der Waals surface area (Å²) in [6.45, 7) is 2.48. The summed E-state index contributed by atoms with van der Waals surface area (Å²) in [5.41, 5.74) is 7.24. The van der Waals surface area contributed by atoms with Crippen molar-refractivity contribution in [3.8, 4) is 0 Å². The van der Waals surface area contributed by atoms with E-state index >= 15 is 0 Å². The molecule has 2 atom stereocenters. The van der Waals surface area contributed by atoms with Gasteiger partial charge in [-0.1, -0.05) is 30.3 Å². The molecule has 0 aromatic heterocycles. The molecule has 1 aliphatic rings. The van der Waals surface area contributed by atoms with Gasteiger partial charge in [0.25, 0.3) is 0 Å². The van der Waals surface area contributed by atoms with Crippen molar-refractivity contribution in [1.29, 1.82) is 0 Å². The van der Waals surface area contributed by atoms with Gasteiger partial charge in [-0.05, 0) is 12.0 Å². The summed E-state index contributed by atoms with van der Waals surface area (Å²) in [7, 11) is 1.42. The van der Waals surface area contributed by atoms with Crippen LogP contribution in [0.3, 0.4) is 0 Å². The number of hydrogen-bond donors (Lipinski definition) is 1. The zero-order valence-corrected chi connectivity index (χ0v) is 11.9. The molecule has 1 aromatic rings. The summed E-state index contributed by atoms with van der Waals surface area (Å²) in [5, 5.41) is 0. The smallest absolute Gasteiger partial charge is 0.311 e. The third-order valence-corrected chi connectivity index (χ3v) is 3.50. The zero-order valence-electron chi connectivity index (χ0n) is 11.1. The van der Waals surface area contributed by atoms with Crippen molar-refractivity contribution in [2.45, 2.75) is 19.0 Å². The lowest BCUT2D eigenvalue weighted by Gasteiger charge is -2.35. The number of piperidine rings is 1. The second-order valence-corrected chi connectivity index (χ2v) is 4.80. The minimum atomic E-state index is -0.201. The minimum absolute atomic E-state index is 0. The van der Waals surface area contributed by atoms with Gasteiger partial charge in [-0.25, -0.2) is 0 Å². The summed E-state index contributed by atoms with van der Waals surface area (Å²) >= 11 is 0. The lowest BCUT2D eigenvalue weighted by Crippen LogP contribution is -2.50.